The molecular weight excluding hydrogens is 320 g/mol. The Balaban J connectivity index is 2.06. The van der Waals surface area contributed by atoms with Gasteiger partial charge in [0.25, 0.3) is 0 Å². The number of ether oxygens (including phenoxy) is 2. The molecule has 0 spiro atoms. The van der Waals surface area contributed by atoms with Crippen LogP contribution in [-0.4, -0.2) is 56.1 Å². The van der Waals surface area contributed by atoms with E-state index in [0.717, 1.165) is 6.42 Å². The van der Waals surface area contributed by atoms with Crippen molar-refractivity contribution in [3.05, 3.63) is 18.0 Å². The highest BCUT2D eigenvalue weighted by atomic mass is 32.2. The molecule has 1 aliphatic heterocycles. The van der Waals surface area contributed by atoms with E-state index < -0.39 is 16.0 Å². The zero-order valence-corrected chi connectivity index (χ0v) is 14.6. The Hall–Kier alpha value is -1.38. The maximum absolute atomic E-state index is 12.5. The van der Waals surface area contributed by atoms with E-state index in [0.29, 0.717) is 32.2 Å². The third-order valence-electron chi connectivity index (χ3n) is 3.60. The van der Waals surface area contributed by atoms with Crippen molar-refractivity contribution in [2.45, 2.75) is 38.2 Å². The highest BCUT2D eigenvalue weighted by molar-refractivity contribution is 7.89. The van der Waals surface area contributed by atoms with Gasteiger partial charge < -0.3 is 14.5 Å². The van der Waals surface area contributed by atoms with Crippen molar-refractivity contribution in [2.24, 2.45) is 5.92 Å². The Morgan fingerprint density at radius 1 is 1.35 bits per heavy atom. The monoisotopic (exact) mass is 344 g/mol. The van der Waals surface area contributed by atoms with Crippen LogP contribution in [0.25, 0.3) is 0 Å². The van der Waals surface area contributed by atoms with Crippen molar-refractivity contribution in [2.75, 3.05) is 26.3 Å². The number of carbonyl (C=O) groups excluding carboxylic acids is 1. The molecule has 0 saturated carbocycles. The zero-order valence-electron chi connectivity index (χ0n) is 13.7. The molecule has 1 fully saturated rings. The number of hydrogen-bond donors (Lipinski definition) is 1. The molecule has 1 aliphatic rings. The number of carbonyl (C=O) groups is 1. The van der Waals surface area contributed by atoms with E-state index >= 15 is 0 Å². The Morgan fingerprint density at radius 3 is 2.61 bits per heavy atom. The number of nitrogens with zero attached hydrogens (tertiary/aromatic N) is 1. The molecule has 1 aromatic rings. The van der Waals surface area contributed by atoms with Crippen LogP contribution >= 0.6 is 0 Å². The lowest BCUT2D eigenvalue weighted by Gasteiger charge is -2.25. The quantitative estimate of drug-likeness (QED) is 0.792. The molecule has 1 saturated heterocycles. The Labute approximate surface area is 137 Å². The van der Waals surface area contributed by atoms with Gasteiger partial charge in [-0.05, 0) is 25.3 Å². The summed E-state index contributed by atoms with van der Waals surface area (Å²) in [6, 6.07) is 1.33. The van der Waals surface area contributed by atoms with Crippen molar-refractivity contribution in [3.63, 3.8) is 0 Å². The summed E-state index contributed by atoms with van der Waals surface area (Å²) in [5.74, 6) is -0.125. The lowest BCUT2D eigenvalue weighted by Crippen LogP contribution is -2.40. The minimum Gasteiger partial charge on any atom is -0.458 e. The van der Waals surface area contributed by atoms with Gasteiger partial charge in [-0.25, -0.2) is 13.2 Å². The van der Waals surface area contributed by atoms with Crippen LogP contribution < -0.4 is 0 Å². The molecule has 1 atom stereocenters. The summed E-state index contributed by atoms with van der Waals surface area (Å²) in [6.07, 6.45) is 1.87. The first kappa shape index (κ1) is 18.0. The highest BCUT2D eigenvalue weighted by Crippen LogP contribution is 2.19. The molecule has 7 nitrogen and oxygen atoms in total. The highest BCUT2D eigenvalue weighted by Gasteiger charge is 2.28. The molecule has 0 radical (unpaired) electrons. The fourth-order valence-corrected chi connectivity index (χ4v) is 3.94. The van der Waals surface area contributed by atoms with Gasteiger partial charge in [-0.15, -0.1) is 0 Å². The molecule has 0 amide bonds. The molecule has 130 valence electrons. The minimum absolute atomic E-state index is 0.0721. The average molecular weight is 344 g/mol. The van der Waals surface area contributed by atoms with Crippen LogP contribution in [0.4, 0.5) is 0 Å². The molecule has 2 rings (SSSR count). The number of hydrogen-bond acceptors (Lipinski definition) is 5. The van der Waals surface area contributed by atoms with Crippen molar-refractivity contribution in [1.29, 1.82) is 0 Å². The summed E-state index contributed by atoms with van der Waals surface area (Å²) >= 11 is 0. The van der Waals surface area contributed by atoms with Gasteiger partial charge in [-0.2, -0.15) is 4.31 Å². The number of sulfonamides is 1. The van der Waals surface area contributed by atoms with Crippen LogP contribution in [0.3, 0.4) is 0 Å². The standard InChI is InChI=1S/C15H24N2O5S/c1-11(2)8-12(3)22-15(18)14-9-13(10-16-14)23(19,20)17-4-6-21-7-5-17/h9-12,16H,4-8H2,1-3H3/t12-/m0/s1. The van der Waals surface area contributed by atoms with Crippen LogP contribution in [0.1, 0.15) is 37.7 Å². The fourth-order valence-electron chi connectivity index (χ4n) is 2.54. The first-order valence-electron chi connectivity index (χ1n) is 7.78. The van der Waals surface area contributed by atoms with Crippen molar-refractivity contribution < 1.29 is 22.7 Å². The number of H-pyrrole nitrogens is 1. The zero-order chi connectivity index (χ0) is 17.0. The van der Waals surface area contributed by atoms with Gasteiger partial charge in [-0.1, -0.05) is 13.8 Å². The summed E-state index contributed by atoms with van der Waals surface area (Å²) in [5.41, 5.74) is 0.146. The third kappa shape index (κ3) is 4.55. The van der Waals surface area contributed by atoms with Crippen LogP contribution in [0.5, 0.6) is 0 Å². The molecule has 0 bridgehead atoms. The van der Waals surface area contributed by atoms with Crippen LogP contribution in [0.2, 0.25) is 0 Å². The molecular formula is C15H24N2O5S. The average Bonchev–Trinajstić information content (AvgIpc) is 2.98. The van der Waals surface area contributed by atoms with Gasteiger partial charge >= 0.3 is 5.97 Å². The summed E-state index contributed by atoms with van der Waals surface area (Å²) in [6.45, 7) is 7.32. The molecule has 0 unspecified atom stereocenters. The normalized spacial score (nSPS) is 18.1. The van der Waals surface area contributed by atoms with Gasteiger partial charge in [0.15, 0.2) is 0 Å². The lowest BCUT2D eigenvalue weighted by molar-refractivity contribution is 0.0293. The van der Waals surface area contributed by atoms with Gasteiger partial charge in [0.1, 0.15) is 10.6 Å². The topological polar surface area (TPSA) is 88.7 Å². The second-order valence-corrected chi connectivity index (χ2v) is 8.05. The van der Waals surface area contributed by atoms with Crippen LogP contribution in [0, 0.1) is 5.92 Å². The smallest absolute Gasteiger partial charge is 0.355 e. The van der Waals surface area contributed by atoms with E-state index in [4.69, 9.17) is 9.47 Å². The second kappa shape index (κ2) is 7.46. The van der Waals surface area contributed by atoms with Gasteiger partial charge in [0, 0.05) is 19.3 Å². The number of rotatable bonds is 6. The SMILES string of the molecule is CC(C)C[C@H](C)OC(=O)c1cc(S(=O)(=O)N2CCOCC2)c[nH]1. The summed E-state index contributed by atoms with van der Waals surface area (Å²) in [7, 11) is -3.61. The Bertz CT molecular complexity index is 632. The first-order chi connectivity index (χ1) is 10.8. The van der Waals surface area contributed by atoms with Crippen LogP contribution in [-0.2, 0) is 19.5 Å². The molecule has 1 aromatic heterocycles. The Morgan fingerprint density at radius 2 is 2.00 bits per heavy atom. The van der Waals surface area contributed by atoms with Crippen molar-refractivity contribution >= 4 is 16.0 Å². The summed E-state index contributed by atoms with van der Waals surface area (Å²) in [5, 5.41) is 0. The van der Waals surface area contributed by atoms with E-state index in [2.05, 4.69) is 4.98 Å². The second-order valence-electron chi connectivity index (χ2n) is 6.11. The predicted molar refractivity (Wildman–Crippen MR) is 84.7 cm³/mol. The minimum atomic E-state index is -3.61. The molecule has 0 aliphatic carbocycles. The van der Waals surface area contributed by atoms with Crippen molar-refractivity contribution in [1.82, 2.24) is 9.29 Å². The van der Waals surface area contributed by atoms with E-state index in [1.165, 1.54) is 16.6 Å². The summed E-state index contributed by atoms with van der Waals surface area (Å²) in [4.78, 5) is 14.8. The van der Waals surface area contributed by atoms with Gasteiger partial charge in [0.2, 0.25) is 10.0 Å². The number of nitrogens with one attached hydrogen (secondary N) is 1. The molecule has 0 aromatic carbocycles. The molecule has 23 heavy (non-hydrogen) atoms. The van der Waals surface area contributed by atoms with E-state index in [9.17, 15) is 13.2 Å². The molecule has 2 heterocycles. The first-order valence-corrected chi connectivity index (χ1v) is 9.22. The maximum atomic E-state index is 12.5. The maximum Gasteiger partial charge on any atom is 0.355 e. The predicted octanol–water partition coefficient (Wildman–Crippen LogP) is 1.63. The number of aromatic nitrogens is 1. The van der Waals surface area contributed by atoms with Gasteiger partial charge in [0.05, 0.1) is 19.3 Å². The van der Waals surface area contributed by atoms with Crippen molar-refractivity contribution in [3.8, 4) is 0 Å². The largest absolute Gasteiger partial charge is 0.458 e. The molecule has 1 N–H and O–H groups in total. The fraction of sp³-hybridized carbons (Fsp3) is 0.667. The van der Waals surface area contributed by atoms with E-state index in [-0.39, 0.29) is 16.7 Å². The molecule has 8 heteroatoms. The van der Waals surface area contributed by atoms with Gasteiger partial charge in [-0.3, -0.25) is 0 Å². The van der Waals surface area contributed by atoms with Crippen LogP contribution in [0.15, 0.2) is 17.2 Å². The summed E-state index contributed by atoms with van der Waals surface area (Å²) < 4.78 is 36.8. The lowest BCUT2D eigenvalue weighted by atomic mass is 10.1. The number of esters is 1. The number of morpholine rings is 1. The van der Waals surface area contributed by atoms with E-state index in [1.54, 1.807) is 0 Å². The number of aromatic amines is 1. The van der Waals surface area contributed by atoms with E-state index in [1.807, 2.05) is 20.8 Å². The third-order valence-corrected chi connectivity index (χ3v) is 5.47. The Kier molecular flexibility index (Phi) is 5.83.